The molecule has 0 unspecified atom stereocenters. The molecule has 0 aliphatic carbocycles. The summed E-state index contributed by atoms with van der Waals surface area (Å²) >= 11 is 3.36. The monoisotopic (exact) mass is 227 g/mol. The third kappa shape index (κ3) is 1.16. The van der Waals surface area contributed by atoms with Crippen molar-refractivity contribution in [1.82, 2.24) is 14.8 Å². The quantitative estimate of drug-likeness (QED) is 0.747. The molecule has 0 aliphatic rings. The van der Waals surface area contributed by atoms with Crippen LogP contribution in [0.1, 0.15) is 0 Å². The van der Waals surface area contributed by atoms with Crippen molar-refractivity contribution in [3.05, 3.63) is 23.1 Å². The van der Waals surface area contributed by atoms with Gasteiger partial charge >= 0.3 is 0 Å². The predicted molar refractivity (Wildman–Crippen MR) is 46.4 cm³/mol. The average Bonchev–Trinajstić information content (AvgIpc) is 2.58. The van der Waals surface area contributed by atoms with Crippen LogP contribution in [0.3, 0.4) is 0 Å². The second-order valence-corrected chi connectivity index (χ2v) is 3.31. The molecule has 0 spiro atoms. The largest absolute Gasteiger partial charge is 0.422 e. The summed E-state index contributed by atoms with van der Waals surface area (Å²) in [5.41, 5.74) is 0.902. The number of hydrogen-bond acceptors (Lipinski definition) is 3. The van der Waals surface area contributed by atoms with E-state index in [1.54, 1.807) is 0 Å². The molecule has 0 radical (unpaired) electrons. The van der Waals surface area contributed by atoms with Gasteiger partial charge in [-0.05, 0) is 22.0 Å². The molecule has 2 aromatic rings. The van der Waals surface area contributed by atoms with Gasteiger partial charge in [-0.15, -0.1) is 10.2 Å². The van der Waals surface area contributed by atoms with Crippen LogP contribution in [0, 0.1) is 0 Å². The van der Waals surface area contributed by atoms with Crippen LogP contribution >= 0.6 is 15.9 Å². The van der Waals surface area contributed by atoms with E-state index in [2.05, 4.69) is 26.1 Å². The molecular weight excluding hydrogens is 222 g/mol. The molecule has 2 aromatic heterocycles. The van der Waals surface area contributed by atoms with Gasteiger partial charge in [-0.25, -0.2) is 0 Å². The number of hydrogen-bond donors (Lipinski definition) is 0. The second kappa shape index (κ2) is 2.75. The maximum absolute atomic E-state index is 5.05. The molecule has 0 saturated heterocycles. The molecule has 0 aliphatic heterocycles. The Kier molecular flexibility index (Phi) is 1.73. The zero-order valence-electron chi connectivity index (χ0n) is 6.36. The van der Waals surface area contributed by atoms with Gasteiger partial charge in [0.1, 0.15) is 5.69 Å². The maximum Gasteiger partial charge on any atom is 0.264 e. The zero-order chi connectivity index (χ0) is 8.55. The number of aromatic nitrogens is 3. The first-order chi connectivity index (χ1) is 5.77. The molecule has 4 nitrogen and oxygen atoms in total. The summed E-state index contributed by atoms with van der Waals surface area (Å²) in [6.45, 7) is 0. The highest BCUT2D eigenvalue weighted by Crippen LogP contribution is 2.21. The lowest BCUT2D eigenvalue weighted by Crippen LogP contribution is -1.88. The predicted octanol–water partition coefficient (Wildman–Crippen LogP) is 1.84. The van der Waals surface area contributed by atoms with Crippen LogP contribution < -0.4 is 0 Å². The van der Waals surface area contributed by atoms with E-state index < -0.39 is 0 Å². The average molecular weight is 228 g/mol. The van der Waals surface area contributed by atoms with Crippen molar-refractivity contribution >= 4 is 15.9 Å². The maximum atomic E-state index is 5.05. The molecule has 0 N–H and O–H groups in total. The second-order valence-electron chi connectivity index (χ2n) is 2.40. The van der Waals surface area contributed by atoms with E-state index in [1.807, 2.05) is 23.9 Å². The van der Waals surface area contributed by atoms with Gasteiger partial charge in [0.05, 0.1) is 0 Å². The first-order valence-corrected chi connectivity index (χ1v) is 4.15. The molecule has 0 atom stereocenters. The Balaban J connectivity index is 2.54. The van der Waals surface area contributed by atoms with E-state index in [4.69, 9.17) is 4.42 Å². The summed E-state index contributed by atoms with van der Waals surface area (Å²) in [7, 11) is 1.92. The topological polar surface area (TPSA) is 43.9 Å². The molecule has 0 bridgehead atoms. The van der Waals surface area contributed by atoms with Crippen molar-refractivity contribution in [1.29, 1.82) is 0 Å². The molecule has 2 heterocycles. The van der Waals surface area contributed by atoms with Gasteiger partial charge in [0.15, 0.2) is 0 Å². The number of rotatable bonds is 1. The van der Waals surface area contributed by atoms with E-state index in [1.165, 1.54) is 6.39 Å². The summed E-state index contributed by atoms with van der Waals surface area (Å²) in [5, 5.41) is 7.41. The minimum atomic E-state index is 0.531. The van der Waals surface area contributed by atoms with Crippen molar-refractivity contribution < 1.29 is 4.42 Å². The summed E-state index contributed by atoms with van der Waals surface area (Å²) in [6, 6.07) is 1.92. The van der Waals surface area contributed by atoms with E-state index in [0.29, 0.717) is 5.89 Å². The Labute approximate surface area is 77.3 Å². The van der Waals surface area contributed by atoms with Crippen LogP contribution in [0.4, 0.5) is 0 Å². The fourth-order valence-corrected chi connectivity index (χ4v) is 1.55. The lowest BCUT2D eigenvalue weighted by atomic mass is 10.4. The van der Waals surface area contributed by atoms with Crippen LogP contribution in [0.25, 0.3) is 11.6 Å². The first-order valence-electron chi connectivity index (χ1n) is 3.36. The lowest BCUT2D eigenvalue weighted by molar-refractivity contribution is 0.563. The van der Waals surface area contributed by atoms with Crippen molar-refractivity contribution in [3.8, 4) is 11.6 Å². The summed E-state index contributed by atoms with van der Waals surface area (Å²) in [4.78, 5) is 0. The SMILES string of the molecule is Cn1cc(Br)cc1-c1nnco1. The highest BCUT2D eigenvalue weighted by atomic mass is 79.9. The van der Waals surface area contributed by atoms with Crippen molar-refractivity contribution in [2.45, 2.75) is 0 Å². The Morgan fingerprint density at radius 3 is 2.92 bits per heavy atom. The van der Waals surface area contributed by atoms with E-state index in [9.17, 15) is 0 Å². The lowest BCUT2D eigenvalue weighted by Gasteiger charge is -1.94. The highest BCUT2D eigenvalue weighted by Gasteiger charge is 2.08. The van der Waals surface area contributed by atoms with Gasteiger partial charge in [-0.2, -0.15) is 0 Å². The third-order valence-electron chi connectivity index (χ3n) is 1.55. The molecule has 5 heteroatoms. The zero-order valence-corrected chi connectivity index (χ0v) is 7.95. The van der Waals surface area contributed by atoms with Crippen LogP contribution in [0.2, 0.25) is 0 Å². The van der Waals surface area contributed by atoms with Gasteiger partial charge in [-0.1, -0.05) is 0 Å². The number of halogens is 1. The van der Waals surface area contributed by atoms with Crippen molar-refractivity contribution in [2.24, 2.45) is 7.05 Å². The molecule has 2 rings (SSSR count). The van der Waals surface area contributed by atoms with Gasteiger partial charge in [0.25, 0.3) is 5.89 Å². The fourth-order valence-electron chi connectivity index (χ4n) is 1.02. The highest BCUT2D eigenvalue weighted by molar-refractivity contribution is 9.10. The third-order valence-corrected chi connectivity index (χ3v) is 1.98. The smallest absolute Gasteiger partial charge is 0.264 e. The van der Waals surface area contributed by atoms with Gasteiger partial charge in [0, 0.05) is 17.7 Å². The van der Waals surface area contributed by atoms with Gasteiger partial charge < -0.3 is 8.98 Å². The molecule has 0 saturated carbocycles. The standard InChI is InChI=1S/C7H6BrN3O/c1-11-3-5(8)2-6(11)7-10-9-4-12-7/h2-4H,1H3. The van der Waals surface area contributed by atoms with Crippen LogP contribution in [0.15, 0.2) is 27.5 Å². The van der Waals surface area contributed by atoms with E-state index >= 15 is 0 Å². The molecule has 12 heavy (non-hydrogen) atoms. The van der Waals surface area contributed by atoms with Crippen molar-refractivity contribution in [3.63, 3.8) is 0 Å². The summed E-state index contributed by atoms with van der Waals surface area (Å²) in [6.07, 6.45) is 3.25. The summed E-state index contributed by atoms with van der Waals surface area (Å²) < 4.78 is 7.96. The molecular formula is C7H6BrN3O. The van der Waals surface area contributed by atoms with Gasteiger partial charge in [-0.3, -0.25) is 0 Å². The van der Waals surface area contributed by atoms with Gasteiger partial charge in [0.2, 0.25) is 6.39 Å². The van der Waals surface area contributed by atoms with E-state index in [-0.39, 0.29) is 0 Å². The normalized spacial score (nSPS) is 10.5. The molecule has 0 amide bonds. The van der Waals surface area contributed by atoms with Crippen LogP contribution in [0.5, 0.6) is 0 Å². The summed E-state index contributed by atoms with van der Waals surface area (Å²) in [5.74, 6) is 0.531. The van der Waals surface area contributed by atoms with E-state index in [0.717, 1.165) is 10.2 Å². The van der Waals surface area contributed by atoms with Crippen LogP contribution in [-0.2, 0) is 7.05 Å². The molecule has 0 aromatic carbocycles. The van der Waals surface area contributed by atoms with Crippen molar-refractivity contribution in [2.75, 3.05) is 0 Å². The Bertz CT molecular complexity index is 379. The minimum Gasteiger partial charge on any atom is -0.422 e. The number of nitrogens with zero attached hydrogens (tertiary/aromatic N) is 3. The Hall–Kier alpha value is -1.10. The molecule has 62 valence electrons. The molecule has 0 fully saturated rings. The first kappa shape index (κ1) is 7.54. The minimum absolute atomic E-state index is 0.531. The fraction of sp³-hybridized carbons (Fsp3) is 0.143. The Morgan fingerprint density at radius 2 is 2.42 bits per heavy atom. The Morgan fingerprint density at radius 1 is 1.58 bits per heavy atom. The van der Waals surface area contributed by atoms with Crippen LogP contribution in [-0.4, -0.2) is 14.8 Å². The number of aryl methyl sites for hydroxylation is 1.